The van der Waals surface area contributed by atoms with Crippen LogP contribution in [0.15, 0.2) is 24.3 Å². The van der Waals surface area contributed by atoms with Crippen molar-refractivity contribution in [2.45, 2.75) is 19.1 Å². The first-order chi connectivity index (χ1) is 6.77. The minimum absolute atomic E-state index is 0.344. The Kier molecular flexibility index (Phi) is 4.18. The molecule has 0 bridgehead atoms. The summed E-state index contributed by atoms with van der Waals surface area (Å²) in [5.74, 6) is 2.44. The molecule has 0 aromatic heterocycles. The van der Waals surface area contributed by atoms with E-state index in [-0.39, 0.29) is 0 Å². The second kappa shape index (κ2) is 5.43. The zero-order chi connectivity index (χ0) is 10.4. The first-order valence-corrected chi connectivity index (χ1v) is 4.47. The molecule has 0 aliphatic carbocycles. The van der Waals surface area contributed by atoms with E-state index in [0.717, 1.165) is 11.1 Å². The Morgan fingerprint density at radius 3 is 3.00 bits per heavy atom. The normalized spacial score (nSPS) is 12.1. The van der Waals surface area contributed by atoms with Crippen LogP contribution in [0.2, 0.25) is 0 Å². The summed E-state index contributed by atoms with van der Waals surface area (Å²) in [5.41, 5.74) is 1.89. The van der Waals surface area contributed by atoms with Gasteiger partial charge in [-0.3, -0.25) is 0 Å². The summed E-state index contributed by atoms with van der Waals surface area (Å²) in [4.78, 5) is 0. The van der Waals surface area contributed by atoms with Crippen LogP contribution < -0.4 is 0 Å². The van der Waals surface area contributed by atoms with Crippen LogP contribution in [0.4, 0.5) is 0 Å². The summed E-state index contributed by atoms with van der Waals surface area (Å²) in [6.07, 6.45) is 4.90. The lowest BCUT2D eigenvalue weighted by molar-refractivity contribution is 0.178. The molecule has 0 radical (unpaired) electrons. The van der Waals surface area contributed by atoms with Gasteiger partial charge in [0.15, 0.2) is 0 Å². The predicted octanol–water partition coefficient (Wildman–Crippen LogP) is 1.89. The average molecular weight is 190 g/mol. The fourth-order valence-corrected chi connectivity index (χ4v) is 1.29. The van der Waals surface area contributed by atoms with Crippen molar-refractivity contribution in [2.75, 3.05) is 7.11 Å². The molecule has 2 nitrogen and oxygen atoms in total. The molecule has 0 spiro atoms. The second-order valence-corrected chi connectivity index (χ2v) is 3.10. The summed E-state index contributed by atoms with van der Waals surface area (Å²) in [6.45, 7) is 0.552. The number of terminal acetylenes is 1. The molecule has 1 aromatic rings. The molecular weight excluding hydrogens is 176 g/mol. The van der Waals surface area contributed by atoms with Crippen LogP contribution in [0.25, 0.3) is 0 Å². The van der Waals surface area contributed by atoms with Gasteiger partial charge in [0.25, 0.3) is 0 Å². The minimum Gasteiger partial charge on any atom is -0.387 e. The van der Waals surface area contributed by atoms with Gasteiger partial charge in [-0.2, -0.15) is 0 Å². The number of aliphatic hydroxyl groups excluding tert-OH is 1. The Hall–Kier alpha value is -1.30. The maximum Gasteiger partial charge on any atom is 0.0899 e. The van der Waals surface area contributed by atoms with Crippen molar-refractivity contribution in [3.8, 4) is 12.3 Å². The van der Waals surface area contributed by atoms with Gasteiger partial charge in [-0.1, -0.05) is 24.3 Å². The van der Waals surface area contributed by atoms with Gasteiger partial charge >= 0.3 is 0 Å². The summed E-state index contributed by atoms with van der Waals surface area (Å²) in [7, 11) is 1.64. The van der Waals surface area contributed by atoms with Crippen molar-refractivity contribution in [3.63, 3.8) is 0 Å². The van der Waals surface area contributed by atoms with Crippen molar-refractivity contribution in [2.24, 2.45) is 0 Å². The molecule has 1 aromatic carbocycles. The van der Waals surface area contributed by atoms with E-state index in [2.05, 4.69) is 5.92 Å². The number of methoxy groups -OCH3 is 1. The molecule has 1 rings (SSSR count). The van der Waals surface area contributed by atoms with Crippen LogP contribution in [0, 0.1) is 12.3 Å². The monoisotopic (exact) mass is 190 g/mol. The second-order valence-electron chi connectivity index (χ2n) is 3.10. The summed E-state index contributed by atoms with van der Waals surface area (Å²) in [5, 5.41) is 9.63. The highest BCUT2D eigenvalue weighted by Crippen LogP contribution is 2.17. The van der Waals surface area contributed by atoms with Gasteiger partial charge in [0.05, 0.1) is 12.7 Å². The predicted molar refractivity (Wildman–Crippen MR) is 55.6 cm³/mol. The van der Waals surface area contributed by atoms with Crippen LogP contribution in [-0.2, 0) is 11.3 Å². The third kappa shape index (κ3) is 2.88. The van der Waals surface area contributed by atoms with Crippen LogP contribution >= 0.6 is 0 Å². The van der Waals surface area contributed by atoms with Crippen LogP contribution in [0.5, 0.6) is 0 Å². The molecule has 0 heterocycles. The molecule has 0 aliphatic heterocycles. The number of aliphatic hydroxyl groups is 1. The third-order valence-corrected chi connectivity index (χ3v) is 1.96. The molecule has 0 saturated carbocycles. The third-order valence-electron chi connectivity index (χ3n) is 1.96. The van der Waals surface area contributed by atoms with Crippen LogP contribution in [-0.4, -0.2) is 12.2 Å². The largest absolute Gasteiger partial charge is 0.387 e. The van der Waals surface area contributed by atoms with Gasteiger partial charge < -0.3 is 9.84 Å². The molecule has 0 saturated heterocycles. The molecule has 1 N–H and O–H groups in total. The fourth-order valence-electron chi connectivity index (χ4n) is 1.29. The van der Waals surface area contributed by atoms with E-state index in [0.29, 0.717) is 13.0 Å². The van der Waals surface area contributed by atoms with E-state index in [4.69, 9.17) is 11.2 Å². The lowest BCUT2D eigenvalue weighted by Gasteiger charge is -2.08. The molecular formula is C12H14O2. The Morgan fingerprint density at radius 1 is 1.57 bits per heavy atom. The van der Waals surface area contributed by atoms with E-state index in [9.17, 15) is 5.11 Å². The molecule has 1 unspecified atom stereocenters. The lowest BCUT2D eigenvalue weighted by Crippen LogP contribution is -1.97. The Balaban J connectivity index is 2.78. The quantitative estimate of drug-likeness (QED) is 0.735. The van der Waals surface area contributed by atoms with Crippen molar-refractivity contribution in [1.82, 2.24) is 0 Å². The standard InChI is InChI=1S/C12H14O2/c1-3-5-12(13)11-7-4-6-10(8-11)9-14-2/h1,4,6-8,12-13H,5,9H2,2H3. The molecule has 74 valence electrons. The van der Waals surface area contributed by atoms with Gasteiger partial charge in [-0.15, -0.1) is 12.3 Å². The first kappa shape index (κ1) is 10.8. The van der Waals surface area contributed by atoms with Gasteiger partial charge in [0.1, 0.15) is 0 Å². The highest BCUT2D eigenvalue weighted by Gasteiger charge is 2.05. The zero-order valence-electron chi connectivity index (χ0n) is 8.23. The topological polar surface area (TPSA) is 29.5 Å². The maximum atomic E-state index is 9.63. The number of hydrogen-bond acceptors (Lipinski definition) is 2. The van der Waals surface area contributed by atoms with Gasteiger partial charge in [-0.05, 0) is 11.1 Å². The molecule has 14 heavy (non-hydrogen) atoms. The average Bonchev–Trinajstić information content (AvgIpc) is 2.19. The molecule has 0 fully saturated rings. The van der Waals surface area contributed by atoms with E-state index in [1.54, 1.807) is 7.11 Å². The summed E-state index contributed by atoms with van der Waals surface area (Å²) >= 11 is 0. The fraction of sp³-hybridized carbons (Fsp3) is 0.333. The zero-order valence-corrected chi connectivity index (χ0v) is 8.23. The van der Waals surface area contributed by atoms with E-state index in [1.165, 1.54) is 0 Å². The number of benzene rings is 1. The van der Waals surface area contributed by atoms with Crippen molar-refractivity contribution >= 4 is 0 Å². The van der Waals surface area contributed by atoms with Gasteiger partial charge in [0, 0.05) is 13.5 Å². The molecule has 0 amide bonds. The Bertz CT molecular complexity index is 325. The van der Waals surface area contributed by atoms with Crippen LogP contribution in [0.3, 0.4) is 0 Å². The van der Waals surface area contributed by atoms with Gasteiger partial charge in [0.2, 0.25) is 0 Å². The van der Waals surface area contributed by atoms with E-state index < -0.39 is 6.10 Å². The Morgan fingerprint density at radius 2 is 2.36 bits per heavy atom. The van der Waals surface area contributed by atoms with Crippen molar-refractivity contribution in [3.05, 3.63) is 35.4 Å². The number of ether oxygens (including phenoxy) is 1. The van der Waals surface area contributed by atoms with E-state index >= 15 is 0 Å². The smallest absolute Gasteiger partial charge is 0.0899 e. The summed E-state index contributed by atoms with van der Waals surface area (Å²) in [6, 6.07) is 7.62. The van der Waals surface area contributed by atoms with E-state index in [1.807, 2.05) is 24.3 Å². The Labute approximate surface area is 84.5 Å². The summed E-state index contributed by atoms with van der Waals surface area (Å²) < 4.78 is 5.00. The highest BCUT2D eigenvalue weighted by atomic mass is 16.5. The molecule has 2 heteroatoms. The van der Waals surface area contributed by atoms with Crippen LogP contribution in [0.1, 0.15) is 23.7 Å². The molecule has 1 atom stereocenters. The molecule has 0 aliphatic rings. The minimum atomic E-state index is -0.572. The van der Waals surface area contributed by atoms with Crippen molar-refractivity contribution in [1.29, 1.82) is 0 Å². The number of rotatable bonds is 4. The number of hydrogen-bond donors (Lipinski definition) is 1. The van der Waals surface area contributed by atoms with Gasteiger partial charge in [-0.25, -0.2) is 0 Å². The SMILES string of the molecule is C#CCC(O)c1cccc(COC)c1. The first-order valence-electron chi connectivity index (χ1n) is 4.47. The lowest BCUT2D eigenvalue weighted by atomic mass is 10.0. The maximum absolute atomic E-state index is 9.63. The highest BCUT2D eigenvalue weighted by molar-refractivity contribution is 5.25. The van der Waals surface area contributed by atoms with Crippen molar-refractivity contribution < 1.29 is 9.84 Å².